The molecule has 0 radical (unpaired) electrons. The Bertz CT molecular complexity index is 1260. The van der Waals surface area contributed by atoms with Crippen molar-refractivity contribution in [3.63, 3.8) is 0 Å². The maximum Gasteiger partial charge on any atom is 0.257 e. The number of carbonyl (C=O) groups is 2. The Morgan fingerprint density at radius 1 is 0.975 bits per heavy atom. The fourth-order valence-corrected chi connectivity index (χ4v) is 4.99. The number of halogens is 3. The third kappa shape index (κ3) is 6.84. The van der Waals surface area contributed by atoms with E-state index in [-0.39, 0.29) is 23.9 Å². The summed E-state index contributed by atoms with van der Waals surface area (Å²) >= 11 is 0. The van der Waals surface area contributed by atoms with Gasteiger partial charge in [0.05, 0.1) is 23.6 Å². The second-order valence-corrected chi connectivity index (χ2v) is 12.0. The largest absolute Gasteiger partial charge is 0.353 e. The van der Waals surface area contributed by atoms with Crippen LogP contribution < -0.4 is 16.0 Å². The number of rotatable bonds is 12. The van der Waals surface area contributed by atoms with Gasteiger partial charge in [-0.2, -0.15) is 5.26 Å². The SMILES string of the molecule is CC(C)NC(=O)C1(c2ccc(-c3ccc([C@H](N[C@@H](CC(C)(C)F)C(=O)NC4(C#N)CC4)C(F)F)cc3)cc2)CC1. The predicted molar refractivity (Wildman–Crippen MR) is 147 cm³/mol. The van der Waals surface area contributed by atoms with E-state index < -0.39 is 41.0 Å². The molecule has 40 heavy (non-hydrogen) atoms. The van der Waals surface area contributed by atoms with Crippen molar-refractivity contribution < 1.29 is 22.8 Å². The molecule has 214 valence electrons. The summed E-state index contributed by atoms with van der Waals surface area (Å²) in [6, 6.07) is 13.6. The molecule has 2 amide bonds. The van der Waals surface area contributed by atoms with Crippen LogP contribution in [0.1, 0.15) is 77.0 Å². The van der Waals surface area contributed by atoms with Crippen LogP contribution in [0.3, 0.4) is 0 Å². The van der Waals surface area contributed by atoms with Gasteiger partial charge in [0.15, 0.2) is 0 Å². The molecule has 3 N–H and O–H groups in total. The topological polar surface area (TPSA) is 94.0 Å². The number of amides is 2. The normalized spacial score (nSPS) is 18.5. The zero-order valence-corrected chi connectivity index (χ0v) is 23.4. The highest BCUT2D eigenvalue weighted by atomic mass is 19.3. The van der Waals surface area contributed by atoms with E-state index in [1.807, 2.05) is 44.2 Å². The van der Waals surface area contributed by atoms with E-state index in [1.54, 1.807) is 24.3 Å². The summed E-state index contributed by atoms with van der Waals surface area (Å²) in [5.74, 6) is -0.629. The molecule has 0 aromatic heterocycles. The van der Waals surface area contributed by atoms with Gasteiger partial charge in [0, 0.05) is 12.5 Å². The molecule has 6 nitrogen and oxygen atoms in total. The van der Waals surface area contributed by atoms with Crippen LogP contribution in [0.5, 0.6) is 0 Å². The molecule has 2 fully saturated rings. The van der Waals surface area contributed by atoms with Crippen molar-refractivity contribution in [2.75, 3.05) is 0 Å². The Morgan fingerprint density at radius 3 is 1.95 bits per heavy atom. The Kier molecular flexibility index (Phi) is 8.32. The highest BCUT2D eigenvalue weighted by Gasteiger charge is 2.51. The minimum absolute atomic E-state index is 0.0354. The lowest BCUT2D eigenvalue weighted by atomic mass is 9.92. The van der Waals surface area contributed by atoms with Gasteiger partial charge in [-0.15, -0.1) is 0 Å². The summed E-state index contributed by atoms with van der Waals surface area (Å²) in [4.78, 5) is 25.6. The first-order valence-electron chi connectivity index (χ1n) is 13.8. The highest BCUT2D eigenvalue weighted by Crippen LogP contribution is 2.48. The van der Waals surface area contributed by atoms with Crippen molar-refractivity contribution >= 4 is 11.8 Å². The summed E-state index contributed by atoms with van der Waals surface area (Å²) in [5.41, 5.74) is -0.372. The molecule has 2 aliphatic carbocycles. The molecular weight excluding hydrogens is 517 g/mol. The molecule has 2 aliphatic rings. The smallest absolute Gasteiger partial charge is 0.257 e. The molecule has 0 saturated heterocycles. The number of carbonyl (C=O) groups excluding carboxylic acids is 2. The Balaban J connectivity index is 1.49. The van der Waals surface area contributed by atoms with E-state index in [1.165, 1.54) is 13.8 Å². The summed E-state index contributed by atoms with van der Waals surface area (Å²) in [5, 5.41) is 17.6. The van der Waals surface area contributed by atoms with Gasteiger partial charge in [-0.05, 0) is 75.6 Å². The van der Waals surface area contributed by atoms with E-state index in [2.05, 4.69) is 16.0 Å². The van der Waals surface area contributed by atoms with Crippen LogP contribution in [0.4, 0.5) is 13.2 Å². The molecular formula is C31H37F3N4O2. The van der Waals surface area contributed by atoms with Crippen LogP contribution in [0, 0.1) is 11.3 Å². The van der Waals surface area contributed by atoms with Gasteiger partial charge < -0.3 is 10.6 Å². The molecule has 2 aromatic rings. The third-order valence-corrected chi connectivity index (χ3v) is 7.61. The Hall–Kier alpha value is -3.38. The van der Waals surface area contributed by atoms with Gasteiger partial charge in [-0.25, -0.2) is 13.2 Å². The molecule has 0 heterocycles. The minimum Gasteiger partial charge on any atom is -0.353 e. The van der Waals surface area contributed by atoms with Gasteiger partial charge >= 0.3 is 0 Å². The molecule has 0 spiro atoms. The fourth-order valence-electron chi connectivity index (χ4n) is 4.99. The third-order valence-electron chi connectivity index (χ3n) is 7.61. The maximum absolute atomic E-state index is 14.5. The van der Waals surface area contributed by atoms with E-state index in [0.29, 0.717) is 12.8 Å². The summed E-state index contributed by atoms with van der Waals surface area (Å²) in [6.45, 7) is 6.43. The number of nitrogens with zero attached hydrogens (tertiary/aromatic N) is 1. The Morgan fingerprint density at radius 2 is 1.52 bits per heavy atom. The minimum atomic E-state index is -2.86. The van der Waals surface area contributed by atoms with Gasteiger partial charge in [0.1, 0.15) is 11.2 Å². The van der Waals surface area contributed by atoms with E-state index in [4.69, 9.17) is 0 Å². The van der Waals surface area contributed by atoms with Crippen LogP contribution in [-0.4, -0.2) is 41.5 Å². The first-order chi connectivity index (χ1) is 18.8. The van der Waals surface area contributed by atoms with Crippen LogP contribution in [-0.2, 0) is 15.0 Å². The van der Waals surface area contributed by atoms with Crippen LogP contribution in [0.2, 0.25) is 0 Å². The number of alkyl halides is 3. The molecule has 2 aromatic carbocycles. The van der Waals surface area contributed by atoms with Crippen molar-refractivity contribution in [2.24, 2.45) is 0 Å². The van der Waals surface area contributed by atoms with Gasteiger partial charge in [0.25, 0.3) is 6.43 Å². The van der Waals surface area contributed by atoms with Crippen LogP contribution in [0.25, 0.3) is 11.1 Å². The first kappa shape index (κ1) is 29.6. The van der Waals surface area contributed by atoms with Crippen molar-refractivity contribution in [3.8, 4) is 17.2 Å². The summed E-state index contributed by atoms with van der Waals surface area (Å²) in [6.07, 6.45) is -0.623. The van der Waals surface area contributed by atoms with Crippen LogP contribution in [0.15, 0.2) is 48.5 Å². The summed E-state index contributed by atoms with van der Waals surface area (Å²) in [7, 11) is 0. The van der Waals surface area contributed by atoms with Crippen molar-refractivity contribution in [1.82, 2.24) is 16.0 Å². The molecule has 2 atom stereocenters. The molecule has 4 rings (SSSR count). The van der Waals surface area contributed by atoms with Crippen LogP contribution >= 0.6 is 0 Å². The average Bonchev–Trinajstić information content (AvgIpc) is 3.82. The zero-order valence-electron chi connectivity index (χ0n) is 23.4. The standard InChI is InChI=1S/C31H37F3N4O2/c1-19(2)36-28(40)31(15-16-31)23-11-9-21(10-12-23)20-5-7-22(8-6-20)25(26(32)33)37-24(17-29(3,4)34)27(39)38-30(18-35)13-14-30/h5-12,19,24-26,37H,13-17H2,1-4H3,(H,36,40)(H,38,39)/t24-,25-/m0/s1. The second-order valence-electron chi connectivity index (χ2n) is 12.0. The lowest BCUT2D eigenvalue weighted by Crippen LogP contribution is -2.52. The highest BCUT2D eigenvalue weighted by molar-refractivity contribution is 5.91. The zero-order chi connectivity index (χ0) is 29.3. The quantitative estimate of drug-likeness (QED) is 0.324. The number of hydrogen-bond acceptors (Lipinski definition) is 4. The molecule has 0 aliphatic heterocycles. The maximum atomic E-state index is 14.5. The molecule has 0 bridgehead atoms. The van der Waals surface area contributed by atoms with Crippen molar-refractivity contribution in [3.05, 3.63) is 59.7 Å². The number of benzene rings is 2. The van der Waals surface area contributed by atoms with Crippen molar-refractivity contribution in [1.29, 1.82) is 5.26 Å². The summed E-state index contributed by atoms with van der Waals surface area (Å²) < 4.78 is 43.0. The lowest BCUT2D eigenvalue weighted by molar-refractivity contribution is -0.125. The molecule has 2 saturated carbocycles. The average molecular weight is 555 g/mol. The van der Waals surface area contributed by atoms with E-state index in [0.717, 1.165) is 29.5 Å². The van der Waals surface area contributed by atoms with E-state index in [9.17, 15) is 28.0 Å². The Labute approximate surface area is 233 Å². The van der Waals surface area contributed by atoms with E-state index >= 15 is 0 Å². The fraction of sp³-hybridized carbons (Fsp3) is 0.516. The molecule has 0 unspecified atom stereocenters. The van der Waals surface area contributed by atoms with Gasteiger partial charge in [-0.3, -0.25) is 14.9 Å². The second kappa shape index (κ2) is 11.2. The van der Waals surface area contributed by atoms with Gasteiger partial charge in [-0.1, -0.05) is 48.5 Å². The van der Waals surface area contributed by atoms with Crippen molar-refractivity contribution in [2.45, 2.75) is 101 Å². The lowest BCUT2D eigenvalue weighted by Gasteiger charge is -2.29. The predicted octanol–water partition coefficient (Wildman–Crippen LogP) is 5.48. The monoisotopic (exact) mass is 554 g/mol. The number of hydrogen-bond donors (Lipinski definition) is 3. The first-order valence-corrected chi connectivity index (χ1v) is 13.8. The number of nitrogens with one attached hydrogen (secondary N) is 3. The number of nitriles is 1. The molecule has 9 heteroatoms. The van der Waals surface area contributed by atoms with Gasteiger partial charge in [0.2, 0.25) is 11.8 Å².